The molecule has 0 aliphatic heterocycles. The smallest absolute Gasteiger partial charge is 0.458 e. The molecule has 188 valence electrons. The van der Waals surface area contributed by atoms with Crippen molar-refractivity contribution in [1.82, 2.24) is 15.0 Å². The molecular weight excluding hydrogens is 470 g/mol. The Kier molecular flexibility index (Phi) is 6.84. The number of nitrogens with zero attached hydrogens (tertiary/aromatic N) is 4. The Morgan fingerprint density at radius 1 is 1.15 bits per heavy atom. The summed E-state index contributed by atoms with van der Waals surface area (Å²) >= 11 is 0. The Morgan fingerprint density at radius 2 is 1.82 bits per heavy atom. The highest BCUT2D eigenvalue weighted by Crippen LogP contribution is 2.39. The number of halogens is 6. The third-order valence-corrected chi connectivity index (χ3v) is 5.77. The second-order valence-corrected chi connectivity index (χ2v) is 8.92. The van der Waals surface area contributed by atoms with Crippen LogP contribution in [0.4, 0.5) is 38.1 Å². The molecule has 3 N–H and O–H groups in total. The molecule has 0 amide bonds. The summed E-state index contributed by atoms with van der Waals surface area (Å²) < 4.78 is 80.6. The van der Waals surface area contributed by atoms with Crippen molar-refractivity contribution in [3.63, 3.8) is 0 Å². The third-order valence-electron chi connectivity index (χ3n) is 5.77. The second-order valence-electron chi connectivity index (χ2n) is 8.92. The maximum absolute atomic E-state index is 13.5. The summed E-state index contributed by atoms with van der Waals surface area (Å²) in [6, 6.07) is -0.417. The number of nitrogens with one attached hydrogen (secondary N) is 2. The number of anilines is 2. The van der Waals surface area contributed by atoms with E-state index in [4.69, 9.17) is 0 Å². The van der Waals surface area contributed by atoms with Gasteiger partial charge in [-0.3, -0.25) is 0 Å². The van der Waals surface area contributed by atoms with Gasteiger partial charge in [0.15, 0.2) is 0 Å². The highest BCUT2D eigenvalue weighted by molar-refractivity contribution is 5.49. The van der Waals surface area contributed by atoms with Crippen molar-refractivity contribution >= 4 is 11.8 Å². The molecule has 0 radical (unpaired) electrons. The predicted molar refractivity (Wildman–Crippen MR) is 108 cm³/mol. The molecule has 14 heteroatoms. The van der Waals surface area contributed by atoms with Crippen molar-refractivity contribution in [2.45, 2.75) is 71.1 Å². The van der Waals surface area contributed by atoms with Crippen molar-refractivity contribution in [3.8, 4) is 0 Å². The van der Waals surface area contributed by atoms with Crippen LogP contribution >= 0.6 is 0 Å². The van der Waals surface area contributed by atoms with Crippen molar-refractivity contribution in [2.75, 3.05) is 10.6 Å². The van der Waals surface area contributed by atoms with Crippen LogP contribution in [0.5, 0.6) is 0 Å². The molecule has 1 aliphatic carbocycles. The van der Waals surface area contributed by atoms with Crippen LogP contribution in [0.1, 0.15) is 55.8 Å². The number of alkyl halides is 6. The Bertz CT molecular complexity index is 1040. The molecule has 1 saturated carbocycles. The first-order valence-corrected chi connectivity index (χ1v) is 10.4. The van der Waals surface area contributed by atoms with E-state index in [1.807, 2.05) is 0 Å². The molecule has 2 aromatic heterocycles. The molecule has 1 fully saturated rings. The molecule has 2 aromatic rings. The minimum absolute atomic E-state index is 0.159. The van der Waals surface area contributed by atoms with Gasteiger partial charge < -0.3 is 20.9 Å². The highest BCUT2D eigenvalue weighted by Gasteiger charge is 2.41. The number of hydrogen-bond acceptors (Lipinski definition) is 7. The maximum atomic E-state index is 13.5. The van der Waals surface area contributed by atoms with Gasteiger partial charge >= 0.3 is 12.4 Å². The van der Waals surface area contributed by atoms with Crippen molar-refractivity contribution in [1.29, 1.82) is 0 Å². The monoisotopic (exact) mass is 494 g/mol. The zero-order valence-corrected chi connectivity index (χ0v) is 18.5. The van der Waals surface area contributed by atoms with Crippen LogP contribution in [0.3, 0.4) is 0 Å². The molecule has 0 spiro atoms. The molecule has 0 saturated heterocycles. The first-order chi connectivity index (χ1) is 15.6. The van der Waals surface area contributed by atoms with Crippen molar-refractivity contribution in [3.05, 3.63) is 40.2 Å². The van der Waals surface area contributed by atoms with E-state index < -0.39 is 64.9 Å². The molecule has 8 nitrogen and oxygen atoms in total. The van der Waals surface area contributed by atoms with Crippen LogP contribution in [-0.2, 0) is 18.9 Å². The summed E-state index contributed by atoms with van der Waals surface area (Å²) in [5.41, 5.74) is -3.47. The Morgan fingerprint density at radius 3 is 2.41 bits per heavy atom. The normalized spacial score (nSPS) is 20.8. The lowest BCUT2D eigenvalue weighted by atomic mass is 9.73. The van der Waals surface area contributed by atoms with E-state index in [9.17, 15) is 36.7 Å². The maximum Gasteiger partial charge on any atom is 0.458 e. The Hall–Kier alpha value is -2.90. The average Bonchev–Trinajstić information content (AvgIpc) is 2.69. The molecule has 0 bridgehead atoms. The lowest BCUT2D eigenvalue weighted by Crippen LogP contribution is -2.41. The Balaban J connectivity index is 1.87. The fourth-order valence-electron chi connectivity index (χ4n) is 3.85. The van der Waals surface area contributed by atoms with Crippen LogP contribution in [0.2, 0.25) is 0 Å². The number of hydrogen-bond donors (Lipinski definition) is 3. The van der Waals surface area contributed by atoms with Crippen molar-refractivity contribution in [2.24, 2.45) is 5.41 Å². The summed E-state index contributed by atoms with van der Waals surface area (Å²) in [5, 5.41) is 27.0. The first kappa shape index (κ1) is 25.7. The number of aliphatic hydroxyl groups excluding tert-OH is 1. The minimum Gasteiger partial charge on any atom is -0.711 e. The molecule has 2 heterocycles. The quantitative estimate of drug-likeness (QED) is 0.329. The Labute approximate surface area is 191 Å². The summed E-state index contributed by atoms with van der Waals surface area (Å²) in [6.45, 7) is 4.12. The zero-order valence-electron chi connectivity index (χ0n) is 18.5. The minimum atomic E-state index is -4.85. The molecule has 34 heavy (non-hydrogen) atoms. The van der Waals surface area contributed by atoms with E-state index in [1.165, 1.54) is 0 Å². The topological polar surface area (TPSA) is 110 Å². The fourth-order valence-corrected chi connectivity index (χ4v) is 3.85. The predicted octanol–water partition coefficient (Wildman–Crippen LogP) is 3.81. The van der Waals surface area contributed by atoms with Gasteiger partial charge in [-0.1, -0.05) is 13.8 Å². The number of aryl methyl sites for hydroxylation is 1. The van der Waals surface area contributed by atoms with Gasteiger partial charge in [0.1, 0.15) is 17.6 Å². The van der Waals surface area contributed by atoms with Crippen LogP contribution in [0.15, 0.2) is 12.4 Å². The lowest BCUT2D eigenvalue weighted by molar-refractivity contribution is -0.616. The first-order valence-electron chi connectivity index (χ1n) is 10.4. The largest absolute Gasteiger partial charge is 0.711 e. The standard InChI is InChI=1S/C20H24F6N6O2/c1-10-29-15(20(24,25)26)11(9-32(10)34)7-27-17-28-8-13(19(21,22)23)16(31-17)30-12-4-5-14(33)18(2,3)6-12/h8-9,12,14,33H,4-7H2,1-3H3,(H2,27,28,30,31)/t12-,14+/m1/s1. The number of aliphatic hydroxyl groups is 1. The lowest BCUT2D eigenvalue weighted by Gasteiger charge is -2.40. The van der Waals surface area contributed by atoms with Gasteiger partial charge in [0.25, 0.3) is 11.5 Å². The van der Waals surface area contributed by atoms with E-state index in [0.717, 1.165) is 6.92 Å². The van der Waals surface area contributed by atoms with Crippen LogP contribution in [0, 0.1) is 17.5 Å². The van der Waals surface area contributed by atoms with E-state index in [0.29, 0.717) is 31.7 Å². The summed E-state index contributed by atoms with van der Waals surface area (Å²) in [5.74, 6) is -1.30. The van der Waals surface area contributed by atoms with Gasteiger partial charge in [-0.2, -0.15) is 31.3 Å². The summed E-state index contributed by atoms with van der Waals surface area (Å²) in [7, 11) is 0. The van der Waals surface area contributed by atoms with Gasteiger partial charge in [-0.25, -0.2) is 9.71 Å². The van der Waals surface area contributed by atoms with Gasteiger partial charge in [0.2, 0.25) is 5.95 Å². The van der Waals surface area contributed by atoms with Crippen LogP contribution < -0.4 is 15.4 Å². The van der Waals surface area contributed by atoms with Crippen LogP contribution in [-0.4, -0.2) is 32.2 Å². The van der Waals surface area contributed by atoms with Gasteiger partial charge in [0, 0.05) is 19.2 Å². The van der Waals surface area contributed by atoms with E-state index >= 15 is 0 Å². The second kappa shape index (κ2) is 9.04. The molecule has 0 aromatic carbocycles. The molecular formula is C20H24F6N6O2. The molecule has 3 rings (SSSR count). The number of aromatic nitrogens is 4. The highest BCUT2D eigenvalue weighted by atomic mass is 19.4. The van der Waals surface area contributed by atoms with E-state index in [1.54, 1.807) is 13.8 Å². The van der Waals surface area contributed by atoms with E-state index in [2.05, 4.69) is 25.6 Å². The fraction of sp³-hybridized carbons (Fsp3) is 0.600. The van der Waals surface area contributed by atoms with E-state index in [-0.39, 0.29) is 10.7 Å². The van der Waals surface area contributed by atoms with Gasteiger partial charge in [-0.05, 0) is 29.7 Å². The van der Waals surface area contributed by atoms with Gasteiger partial charge in [-0.15, -0.1) is 0 Å². The number of rotatable bonds is 5. The van der Waals surface area contributed by atoms with Gasteiger partial charge in [0.05, 0.1) is 18.2 Å². The molecule has 2 atom stereocenters. The molecule has 1 aliphatic rings. The molecule has 0 unspecified atom stereocenters. The summed E-state index contributed by atoms with van der Waals surface area (Å²) in [4.78, 5) is 10.7. The summed E-state index contributed by atoms with van der Waals surface area (Å²) in [6.07, 6.45) is -7.81. The average molecular weight is 494 g/mol. The van der Waals surface area contributed by atoms with Crippen LogP contribution in [0.25, 0.3) is 0 Å². The SMILES string of the molecule is Cc1nc(C(F)(F)F)c(CNc2ncc(C(F)(F)F)c(N[C@@H]3CC[C@H](O)C(C)(C)C3)n2)c[n+]1[O-]. The zero-order chi connectivity index (χ0) is 25.5. The van der Waals surface area contributed by atoms with Crippen molar-refractivity contribution < 1.29 is 36.2 Å². The third kappa shape index (κ3) is 5.77.